The summed E-state index contributed by atoms with van der Waals surface area (Å²) in [6.07, 6.45) is 13.4. The summed E-state index contributed by atoms with van der Waals surface area (Å²) in [5, 5.41) is 5.51. The first kappa shape index (κ1) is 20.7. The maximum absolute atomic E-state index is 12.6. The number of fused-ring (bicyclic) bond motifs is 3. The van der Waals surface area contributed by atoms with E-state index in [1.54, 1.807) is 12.3 Å². The normalized spacial score (nSPS) is 21.5. The third-order valence-corrected chi connectivity index (χ3v) is 7.86. The van der Waals surface area contributed by atoms with Gasteiger partial charge in [-0.25, -0.2) is 5.43 Å². The summed E-state index contributed by atoms with van der Waals surface area (Å²) >= 11 is 0. The lowest BCUT2D eigenvalue weighted by molar-refractivity contribution is -0.123. The molecule has 1 saturated carbocycles. The quantitative estimate of drug-likeness (QED) is 0.439. The van der Waals surface area contributed by atoms with E-state index in [9.17, 15) is 4.79 Å². The molecule has 1 N–H and O–H groups in total. The first-order valence-corrected chi connectivity index (χ1v) is 12.5. The second-order valence-electron chi connectivity index (χ2n) is 9.81. The van der Waals surface area contributed by atoms with Gasteiger partial charge in [0.2, 0.25) is 0 Å². The average Bonchev–Trinajstić information content (AvgIpc) is 3.48. The van der Waals surface area contributed by atoms with E-state index in [0.29, 0.717) is 18.3 Å². The minimum Gasteiger partial charge on any atom is -0.463 e. The fraction of sp³-hybridized carbons (Fsp3) is 0.481. The van der Waals surface area contributed by atoms with Crippen molar-refractivity contribution >= 4 is 23.0 Å². The smallest absolute Gasteiger partial charge is 0.254 e. The number of furan rings is 1. The summed E-state index contributed by atoms with van der Waals surface area (Å²) in [7, 11) is 0. The second kappa shape index (κ2) is 8.82. The molecule has 3 heterocycles. The van der Waals surface area contributed by atoms with Crippen molar-refractivity contribution in [2.45, 2.75) is 69.9 Å². The molecule has 3 aromatic rings. The summed E-state index contributed by atoms with van der Waals surface area (Å²) in [5.74, 6) is 1.28. The van der Waals surface area contributed by atoms with Gasteiger partial charge in [0, 0.05) is 29.7 Å². The molecular formula is C27H32N4O2. The number of benzene rings is 1. The van der Waals surface area contributed by atoms with Crippen molar-refractivity contribution in [3.8, 4) is 0 Å². The monoisotopic (exact) mass is 444 g/mol. The molecule has 0 saturated heterocycles. The van der Waals surface area contributed by atoms with E-state index in [1.807, 2.05) is 6.07 Å². The van der Waals surface area contributed by atoms with Gasteiger partial charge in [-0.1, -0.05) is 25.3 Å². The van der Waals surface area contributed by atoms with Gasteiger partial charge in [0.05, 0.1) is 25.1 Å². The Morgan fingerprint density at radius 1 is 1.12 bits per heavy atom. The molecule has 1 amide bonds. The fourth-order valence-corrected chi connectivity index (χ4v) is 6.33. The highest BCUT2D eigenvalue weighted by Crippen LogP contribution is 2.43. The van der Waals surface area contributed by atoms with Crippen LogP contribution in [0.25, 0.3) is 10.9 Å². The largest absolute Gasteiger partial charge is 0.463 e. The van der Waals surface area contributed by atoms with Crippen LogP contribution in [0, 0.1) is 0 Å². The van der Waals surface area contributed by atoms with Crippen LogP contribution in [0.5, 0.6) is 0 Å². The third-order valence-electron chi connectivity index (χ3n) is 7.86. The molecule has 0 bridgehead atoms. The number of aromatic nitrogens is 1. The zero-order valence-corrected chi connectivity index (χ0v) is 19.1. The molecule has 0 spiro atoms. The SMILES string of the molecule is O=C(CN1CCn2c3c(c4cc(C5CCCCC5)ccc42)CCCC31)N/N=C/c1ccco1. The standard InChI is InChI=1S/C27H32N4O2/c32-26(29-28-17-21-8-5-15-33-21)18-30-13-14-31-24-12-11-20(19-6-2-1-3-7-19)16-23(24)22-9-4-10-25(30)27(22)31/h5,8,11-12,15-17,19,25H,1-4,6-7,9-10,13-14,18H2,(H,29,32)/b28-17+. The van der Waals surface area contributed by atoms with E-state index in [2.05, 4.69) is 38.2 Å². The van der Waals surface area contributed by atoms with Crippen molar-refractivity contribution < 1.29 is 9.21 Å². The zero-order valence-electron chi connectivity index (χ0n) is 19.1. The summed E-state index contributed by atoms with van der Waals surface area (Å²) in [6.45, 7) is 2.20. The number of aryl methyl sites for hydroxylation is 1. The molecule has 6 rings (SSSR count). The van der Waals surface area contributed by atoms with Gasteiger partial charge >= 0.3 is 0 Å². The van der Waals surface area contributed by atoms with E-state index in [-0.39, 0.29) is 5.91 Å². The fourth-order valence-electron chi connectivity index (χ4n) is 6.33. The van der Waals surface area contributed by atoms with Crippen LogP contribution >= 0.6 is 0 Å². The van der Waals surface area contributed by atoms with Crippen molar-refractivity contribution in [3.05, 3.63) is 59.2 Å². The van der Waals surface area contributed by atoms with Crippen LogP contribution in [0.4, 0.5) is 0 Å². The highest BCUT2D eigenvalue weighted by Gasteiger charge is 2.35. The van der Waals surface area contributed by atoms with Gasteiger partial charge in [-0.3, -0.25) is 9.69 Å². The van der Waals surface area contributed by atoms with Crippen LogP contribution in [-0.4, -0.2) is 34.7 Å². The van der Waals surface area contributed by atoms with Crippen molar-refractivity contribution in [2.75, 3.05) is 13.1 Å². The molecule has 6 nitrogen and oxygen atoms in total. The number of hydrogen-bond acceptors (Lipinski definition) is 4. The lowest BCUT2D eigenvalue weighted by atomic mass is 9.83. The topological polar surface area (TPSA) is 62.8 Å². The molecule has 1 atom stereocenters. The Bertz CT molecular complexity index is 1170. The molecule has 1 unspecified atom stereocenters. The predicted molar refractivity (Wildman–Crippen MR) is 129 cm³/mol. The van der Waals surface area contributed by atoms with Gasteiger partial charge in [-0.05, 0) is 73.4 Å². The van der Waals surface area contributed by atoms with Crippen LogP contribution < -0.4 is 5.43 Å². The van der Waals surface area contributed by atoms with Crippen LogP contribution in [0.15, 0.2) is 46.1 Å². The van der Waals surface area contributed by atoms with E-state index >= 15 is 0 Å². The van der Waals surface area contributed by atoms with Gasteiger partial charge in [0.15, 0.2) is 0 Å². The highest BCUT2D eigenvalue weighted by molar-refractivity contribution is 5.87. The molecule has 33 heavy (non-hydrogen) atoms. The van der Waals surface area contributed by atoms with E-state index in [1.165, 1.54) is 72.5 Å². The van der Waals surface area contributed by atoms with Crippen molar-refractivity contribution in [2.24, 2.45) is 5.10 Å². The Hall–Kier alpha value is -2.86. The molecule has 1 aromatic carbocycles. The number of rotatable bonds is 5. The first-order chi connectivity index (χ1) is 16.3. The van der Waals surface area contributed by atoms with Gasteiger partial charge in [0.1, 0.15) is 5.76 Å². The summed E-state index contributed by atoms with van der Waals surface area (Å²) in [4.78, 5) is 14.9. The number of carbonyl (C=O) groups excluding carboxylic acids is 1. The average molecular weight is 445 g/mol. The lowest BCUT2D eigenvalue weighted by Gasteiger charge is -2.39. The summed E-state index contributed by atoms with van der Waals surface area (Å²) in [5.41, 5.74) is 8.57. The third kappa shape index (κ3) is 3.90. The molecule has 2 aromatic heterocycles. The second-order valence-corrected chi connectivity index (χ2v) is 9.81. The summed E-state index contributed by atoms with van der Waals surface area (Å²) < 4.78 is 7.77. The lowest BCUT2D eigenvalue weighted by Crippen LogP contribution is -2.44. The van der Waals surface area contributed by atoms with Crippen LogP contribution in [-0.2, 0) is 17.8 Å². The minimum atomic E-state index is -0.0749. The van der Waals surface area contributed by atoms with Gasteiger partial charge in [-0.15, -0.1) is 0 Å². The zero-order chi connectivity index (χ0) is 22.2. The van der Waals surface area contributed by atoms with Crippen LogP contribution in [0.1, 0.15) is 79.5 Å². The number of nitrogens with zero attached hydrogens (tertiary/aromatic N) is 3. The van der Waals surface area contributed by atoms with Gasteiger partial charge in [0.25, 0.3) is 5.91 Å². The Labute approximate surface area is 194 Å². The molecule has 2 aliphatic carbocycles. The molecule has 0 radical (unpaired) electrons. The maximum atomic E-state index is 12.6. The van der Waals surface area contributed by atoms with Crippen LogP contribution in [0.2, 0.25) is 0 Å². The minimum absolute atomic E-state index is 0.0749. The molecule has 3 aliphatic rings. The van der Waals surface area contributed by atoms with E-state index < -0.39 is 0 Å². The Kier molecular flexibility index (Phi) is 5.54. The van der Waals surface area contributed by atoms with Crippen LogP contribution in [0.3, 0.4) is 0 Å². The van der Waals surface area contributed by atoms with Crippen molar-refractivity contribution in [3.63, 3.8) is 0 Å². The van der Waals surface area contributed by atoms with E-state index in [0.717, 1.165) is 31.8 Å². The number of hydrogen-bond donors (Lipinski definition) is 1. The molecular weight excluding hydrogens is 412 g/mol. The number of nitrogens with one attached hydrogen (secondary N) is 1. The Morgan fingerprint density at radius 2 is 2.03 bits per heavy atom. The van der Waals surface area contributed by atoms with Gasteiger partial charge < -0.3 is 8.98 Å². The van der Waals surface area contributed by atoms with E-state index in [4.69, 9.17) is 4.42 Å². The predicted octanol–water partition coefficient (Wildman–Crippen LogP) is 5.13. The first-order valence-electron chi connectivity index (χ1n) is 12.5. The van der Waals surface area contributed by atoms with Crippen molar-refractivity contribution in [1.29, 1.82) is 0 Å². The number of amides is 1. The Morgan fingerprint density at radius 3 is 2.88 bits per heavy atom. The molecule has 172 valence electrons. The highest BCUT2D eigenvalue weighted by atomic mass is 16.3. The van der Waals surface area contributed by atoms with Gasteiger partial charge in [-0.2, -0.15) is 5.10 Å². The number of carbonyl (C=O) groups is 1. The molecule has 1 fully saturated rings. The van der Waals surface area contributed by atoms with Crippen molar-refractivity contribution in [1.82, 2.24) is 14.9 Å². The molecule has 6 heteroatoms. The Balaban J connectivity index is 1.23. The summed E-state index contributed by atoms with van der Waals surface area (Å²) in [6, 6.07) is 11.2. The maximum Gasteiger partial charge on any atom is 0.254 e. The molecule has 1 aliphatic heterocycles. The number of hydrazone groups is 1.